The quantitative estimate of drug-likeness (QED) is 0.357. The van der Waals surface area contributed by atoms with Gasteiger partial charge in [0.15, 0.2) is 23.1 Å². The molecule has 0 aromatic rings. The molecule has 0 amide bonds. The molecule has 0 saturated heterocycles. The van der Waals surface area contributed by atoms with Gasteiger partial charge in [-0.1, -0.05) is 103 Å². The van der Waals surface area contributed by atoms with Gasteiger partial charge in [0.2, 0.25) is 0 Å². The fraction of sp³-hybridized carbons (Fsp3) is 0.857. The topological polar surface area (TPSA) is 68.3 Å². The minimum atomic E-state index is -0.154. The van der Waals surface area contributed by atoms with Crippen molar-refractivity contribution in [3.63, 3.8) is 0 Å². The Labute approximate surface area is 196 Å². The van der Waals surface area contributed by atoms with Crippen molar-refractivity contribution < 1.29 is 19.2 Å². The van der Waals surface area contributed by atoms with E-state index in [0.29, 0.717) is 25.7 Å². The van der Waals surface area contributed by atoms with E-state index in [2.05, 4.69) is 0 Å². The Hall–Kier alpha value is -1.32. The van der Waals surface area contributed by atoms with Crippen molar-refractivity contribution in [2.45, 2.75) is 154 Å². The average Bonchev–Trinajstić information content (AvgIpc) is 2.79. The molecule has 0 aromatic heterocycles. The number of ketones is 4. The molecule has 1 fully saturated rings. The molecule has 0 unspecified atom stereocenters. The van der Waals surface area contributed by atoms with Crippen molar-refractivity contribution in [2.24, 2.45) is 0 Å². The summed E-state index contributed by atoms with van der Waals surface area (Å²) in [5.74, 6) is -0.617. The van der Waals surface area contributed by atoms with Crippen LogP contribution in [0.15, 0.2) is 0 Å². The Balaban J connectivity index is 2.26. The van der Waals surface area contributed by atoms with E-state index >= 15 is 0 Å². The highest BCUT2D eigenvalue weighted by atomic mass is 16.2. The van der Waals surface area contributed by atoms with Crippen molar-refractivity contribution in [3.05, 3.63) is 0 Å². The molecule has 0 heterocycles. The van der Waals surface area contributed by atoms with Gasteiger partial charge >= 0.3 is 0 Å². The van der Waals surface area contributed by atoms with Crippen molar-refractivity contribution >= 4 is 23.1 Å². The fourth-order valence-electron chi connectivity index (χ4n) is 4.53. The molecule has 4 heteroatoms. The summed E-state index contributed by atoms with van der Waals surface area (Å²) in [4.78, 5) is 47.9. The molecular weight excluding hydrogens is 400 g/mol. The zero-order valence-electron chi connectivity index (χ0n) is 20.6. The second-order valence-corrected chi connectivity index (χ2v) is 9.76. The van der Waals surface area contributed by atoms with Gasteiger partial charge in [-0.05, 0) is 25.7 Å². The molecular formula is C28H48O4. The second-order valence-electron chi connectivity index (χ2n) is 9.76. The summed E-state index contributed by atoms with van der Waals surface area (Å²) in [6, 6.07) is 0. The zero-order valence-corrected chi connectivity index (χ0v) is 20.6. The lowest BCUT2D eigenvalue weighted by molar-refractivity contribution is -0.136. The lowest BCUT2D eigenvalue weighted by Gasteiger charge is -2.05. The highest BCUT2D eigenvalue weighted by molar-refractivity contribution is 6.37. The number of Topliss-reactive ketones (excluding diaryl/α,β-unsaturated/α-hetero) is 4. The van der Waals surface area contributed by atoms with Gasteiger partial charge in [0.25, 0.3) is 0 Å². The largest absolute Gasteiger partial charge is 0.291 e. The highest BCUT2D eigenvalue weighted by Crippen LogP contribution is 2.15. The summed E-state index contributed by atoms with van der Waals surface area (Å²) in [7, 11) is 0. The van der Waals surface area contributed by atoms with E-state index in [1.807, 2.05) is 0 Å². The molecule has 1 saturated carbocycles. The van der Waals surface area contributed by atoms with Gasteiger partial charge in [-0.25, -0.2) is 0 Å². The van der Waals surface area contributed by atoms with Gasteiger partial charge in [-0.3, -0.25) is 19.2 Å². The van der Waals surface area contributed by atoms with Gasteiger partial charge in [0, 0.05) is 25.7 Å². The van der Waals surface area contributed by atoms with Gasteiger partial charge in [-0.15, -0.1) is 0 Å². The molecule has 0 radical (unpaired) electrons. The minimum Gasteiger partial charge on any atom is -0.291 e. The Bertz CT molecular complexity index is 442. The van der Waals surface area contributed by atoms with Crippen LogP contribution in [0, 0.1) is 0 Å². The van der Waals surface area contributed by atoms with E-state index in [4.69, 9.17) is 0 Å². The van der Waals surface area contributed by atoms with Crippen molar-refractivity contribution in [1.29, 1.82) is 0 Å². The zero-order chi connectivity index (χ0) is 23.3. The smallest absolute Gasteiger partial charge is 0.198 e. The number of carbonyl (C=O) groups is 4. The van der Waals surface area contributed by atoms with Crippen LogP contribution in [-0.4, -0.2) is 23.1 Å². The molecule has 4 nitrogen and oxygen atoms in total. The summed E-state index contributed by atoms with van der Waals surface area (Å²) in [5, 5.41) is 0. The second kappa shape index (κ2) is 20.3. The Morgan fingerprint density at radius 1 is 0.219 bits per heavy atom. The van der Waals surface area contributed by atoms with Crippen LogP contribution in [0.25, 0.3) is 0 Å². The number of rotatable bonds is 0. The van der Waals surface area contributed by atoms with Crippen LogP contribution in [0.1, 0.15) is 154 Å². The SMILES string of the molecule is O=C1CCCCCCCCCCCCC(=O)C(=O)CCCCCCCCCCCCC1=O. The predicted molar refractivity (Wildman–Crippen MR) is 131 cm³/mol. The molecule has 0 atom stereocenters. The Morgan fingerprint density at radius 3 is 0.500 bits per heavy atom. The maximum Gasteiger partial charge on any atom is 0.198 e. The third kappa shape index (κ3) is 16.3. The molecule has 0 spiro atoms. The van der Waals surface area contributed by atoms with Crippen LogP contribution in [0.4, 0.5) is 0 Å². The van der Waals surface area contributed by atoms with E-state index in [-0.39, 0.29) is 23.1 Å². The molecule has 32 heavy (non-hydrogen) atoms. The van der Waals surface area contributed by atoms with E-state index < -0.39 is 0 Å². The molecule has 184 valence electrons. The van der Waals surface area contributed by atoms with Crippen LogP contribution in [-0.2, 0) is 19.2 Å². The minimum absolute atomic E-state index is 0.154. The summed E-state index contributed by atoms with van der Waals surface area (Å²) in [6.07, 6.45) is 23.4. The first-order valence-corrected chi connectivity index (χ1v) is 13.7. The van der Waals surface area contributed by atoms with Gasteiger partial charge in [0.05, 0.1) is 0 Å². The summed E-state index contributed by atoms with van der Waals surface area (Å²) in [5.41, 5.74) is 0. The lowest BCUT2D eigenvalue weighted by atomic mass is 10.00. The van der Waals surface area contributed by atoms with Crippen LogP contribution < -0.4 is 0 Å². The van der Waals surface area contributed by atoms with Crippen LogP contribution in [0.3, 0.4) is 0 Å². The first kappa shape index (κ1) is 28.7. The Morgan fingerprint density at radius 2 is 0.344 bits per heavy atom. The average molecular weight is 449 g/mol. The molecule has 1 aliphatic rings. The van der Waals surface area contributed by atoms with E-state index in [1.54, 1.807) is 0 Å². The van der Waals surface area contributed by atoms with Gasteiger partial charge in [0.1, 0.15) is 0 Å². The van der Waals surface area contributed by atoms with E-state index in [1.165, 1.54) is 51.4 Å². The molecule has 1 aliphatic carbocycles. The molecule has 0 aromatic carbocycles. The first-order chi connectivity index (χ1) is 15.6. The lowest BCUT2D eigenvalue weighted by Crippen LogP contribution is -2.13. The predicted octanol–water partition coefficient (Wildman–Crippen LogP) is 7.64. The molecule has 0 bridgehead atoms. The summed E-state index contributed by atoms with van der Waals surface area (Å²) >= 11 is 0. The van der Waals surface area contributed by atoms with Crippen LogP contribution >= 0.6 is 0 Å². The van der Waals surface area contributed by atoms with Gasteiger partial charge in [-0.2, -0.15) is 0 Å². The van der Waals surface area contributed by atoms with Crippen molar-refractivity contribution in [3.8, 4) is 0 Å². The standard InChI is InChI=1S/C28H48O4/c29-25-21-17-13-9-5-1-2-6-10-14-18-22-26(30)28(32)24-20-16-12-8-4-3-7-11-15-19-23-27(25)31/h1-24H2. The maximum absolute atomic E-state index is 12.0. The highest BCUT2D eigenvalue weighted by Gasteiger charge is 2.13. The first-order valence-electron chi connectivity index (χ1n) is 13.7. The molecule has 0 N–H and O–H groups in total. The summed E-state index contributed by atoms with van der Waals surface area (Å²) < 4.78 is 0. The van der Waals surface area contributed by atoms with Crippen LogP contribution in [0.5, 0.6) is 0 Å². The number of hydrogen-bond acceptors (Lipinski definition) is 4. The fourth-order valence-corrected chi connectivity index (χ4v) is 4.53. The molecule has 1 rings (SSSR count). The normalized spacial score (nSPS) is 22.8. The van der Waals surface area contributed by atoms with E-state index in [0.717, 1.165) is 77.0 Å². The third-order valence-electron chi connectivity index (χ3n) is 6.74. The van der Waals surface area contributed by atoms with Crippen molar-refractivity contribution in [2.75, 3.05) is 0 Å². The summed E-state index contributed by atoms with van der Waals surface area (Å²) in [6.45, 7) is 0. The van der Waals surface area contributed by atoms with Crippen LogP contribution in [0.2, 0.25) is 0 Å². The van der Waals surface area contributed by atoms with Crippen molar-refractivity contribution in [1.82, 2.24) is 0 Å². The number of hydrogen-bond donors (Lipinski definition) is 0. The Kier molecular flexibility index (Phi) is 18.2. The molecule has 0 aliphatic heterocycles. The monoisotopic (exact) mass is 448 g/mol. The number of carbonyl (C=O) groups excluding carboxylic acids is 4. The van der Waals surface area contributed by atoms with Gasteiger partial charge < -0.3 is 0 Å². The van der Waals surface area contributed by atoms with E-state index in [9.17, 15) is 19.2 Å². The third-order valence-corrected chi connectivity index (χ3v) is 6.74. The maximum atomic E-state index is 12.0.